The van der Waals surface area contributed by atoms with E-state index in [9.17, 15) is 4.39 Å². The molecule has 0 N–H and O–H groups in total. The second-order valence-electron chi connectivity index (χ2n) is 4.07. The molecule has 83 valence electrons. The first kappa shape index (κ1) is 13.7. The third kappa shape index (κ3) is 11.7. The summed E-state index contributed by atoms with van der Waals surface area (Å²) < 4.78 is 12.4. The van der Waals surface area contributed by atoms with Gasteiger partial charge in [0.05, 0.1) is 6.17 Å². The highest BCUT2D eigenvalue weighted by Gasteiger charge is 1.97. The molecule has 0 saturated carbocycles. The van der Waals surface area contributed by atoms with Crippen molar-refractivity contribution in [2.75, 3.05) is 0 Å². The number of allylic oxidation sites excluding steroid dienone is 1. The van der Waals surface area contributed by atoms with Crippen molar-refractivity contribution in [1.82, 2.24) is 0 Å². The maximum absolute atomic E-state index is 12.4. The van der Waals surface area contributed by atoms with Gasteiger partial charge in [-0.1, -0.05) is 51.2 Å². The monoisotopic (exact) mass is 199 g/mol. The van der Waals surface area contributed by atoms with Crippen LogP contribution in [-0.2, 0) is 0 Å². The fourth-order valence-corrected chi connectivity index (χ4v) is 1.57. The van der Waals surface area contributed by atoms with E-state index in [1.165, 1.54) is 38.5 Å². The van der Waals surface area contributed by atoms with Crippen LogP contribution in [0.15, 0.2) is 6.08 Å². The SMILES string of the molecule is [CH]=CCCCCCCCCCC(C)F. The minimum Gasteiger partial charge on any atom is -0.248 e. The molecule has 0 bridgehead atoms. The summed E-state index contributed by atoms with van der Waals surface area (Å²) in [4.78, 5) is 0. The van der Waals surface area contributed by atoms with Crippen LogP contribution < -0.4 is 0 Å². The van der Waals surface area contributed by atoms with Crippen LogP contribution in [0.1, 0.15) is 64.7 Å². The van der Waals surface area contributed by atoms with Gasteiger partial charge in [-0.25, -0.2) is 4.39 Å². The largest absolute Gasteiger partial charge is 0.248 e. The predicted octanol–water partition coefficient (Wildman–Crippen LogP) is 4.84. The molecule has 0 aromatic carbocycles. The quantitative estimate of drug-likeness (QED) is 0.441. The molecular weight excluding hydrogens is 175 g/mol. The number of alkyl halides is 1. The van der Waals surface area contributed by atoms with Gasteiger partial charge in [0.25, 0.3) is 0 Å². The summed E-state index contributed by atoms with van der Waals surface area (Å²) in [6, 6.07) is 0. The van der Waals surface area contributed by atoms with Gasteiger partial charge in [0.2, 0.25) is 0 Å². The Morgan fingerprint density at radius 1 is 1.00 bits per heavy atom. The maximum Gasteiger partial charge on any atom is 0.0973 e. The fraction of sp³-hybridized carbons (Fsp3) is 0.846. The van der Waals surface area contributed by atoms with E-state index in [1.807, 2.05) is 0 Å². The molecule has 0 fully saturated rings. The molecule has 0 aliphatic carbocycles. The second kappa shape index (κ2) is 10.7. The van der Waals surface area contributed by atoms with Gasteiger partial charge in [0.1, 0.15) is 0 Å². The molecule has 1 atom stereocenters. The second-order valence-corrected chi connectivity index (χ2v) is 4.07. The van der Waals surface area contributed by atoms with E-state index < -0.39 is 6.17 Å². The number of rotatable bonds is 10. The van der Waals surface area contributed by atoms with Crippen molar-refractivity contribution in [3.05, 3.63) is 12.7 Å². The predicted molar refractivity (Wildman–Crippen MR) is 61.0 cm³/mol. The topological polar surface area (TPSA) is 0 Å². The maximum atomic E-state index is 12.4. The molecule has 1 heteroatoms. The molecule has 14 heavy (non-hydrogen) atoms. The molecule has 0 heterocycles. The van der Waals surface area contributed by atoms with Gasteiger partial charge in [-0.05, 0) is 26.2 Å². The minimum atomic E-state index is -0.616. The van der Waals surface area contributed by atoms with Gasteiger partial charge in [-0.3, -0.25) is 0 Å². The number of hydrogen-bond acceptors (Lipinski definition) is 0. The van der Waals surface area contributed by atoms with Crippen LogP contribution in [-0.4, -0.2) is 6.17 Å². The first-order valence-electron chi connectivity index (χ1n) is 5.95. The molecule has 0 aromatic rings. The Bertz CT molecular complexity index is 118. The molecule has 0 nitrogen and oxygen atoms in total. The van der Waals surface area contributed by atoms with Gasteiger partial charge in [-0.2, -0.15) is 0 Å². The van der Waals surface area contributed by atoms with Crippen LogP contribution in [0.3, 0.4) is 0 Å². The first-order valence-corrected chi connectivity index (χ1v) is 5.95. The van der Waals surface area contributed by atoms with Gasteiger partial charge < -0.3 is 0 Å². The lowest BCUT2D eigenvalue weighted by Crippen LogP contribution is -1.91. The van der Waals surface area contributed by atoms with Gasteiger partial charge in [0, 0.05) is 0 Å². The highest BCUT2D eigenvalue weighted by atomic mass is 19.1. The molecule has 0 saturated heterocycles. The average Bonchev–Trinajstić information content (AvgIpc) is 2.15. The van der Waals surface area contributed by atoms with E-state index >= 15 is 0 Å². The van der Waals surface area contributed by atoms with Crippen LogP contribution in [0.4, 0.5) is 4.39 Å². The zero-order chi connectivity index (χ0) is 10.6. The summed E-state index contributed by atoms with van der Waals surface area (Å²) in [6.45, 7) is 6.92. The zero-order valence-corrected chi connectivity index (χ0v) is 9.47. The number of halogens is 1. The highest BCUT2D eigenvalue weighted by Crippen LogP contribution is 2.11. The third-order valence-electron chi connectivity index (χ3n) is 2.47. The zero-order valence-electron chi connectivity index (χ0n) is 9.47. The van der Waals surface area contributed by atoms with E-state index in [0.717, 1.165) is 19.3 Å². The molecule has 0 spiro atoms. The van der Waals surface area contributed by atoms with Crippen molar-refractivity contribution >= 4 is 0 Å². The summed E-state index contributed by atoms with van der Waals surface area (Å²) in [7, 11) is 0. The molecule has 0 rings (SSSR count). The van der Waals surface area contributed by atoms with E-state index in [-0.39, 0.29) is 0 Å². The van der Waals surface area contributed by atoms with Gasteiger partial charge in [-0.15, -0.1) is 0 Å². The van der Waals surface area contributed by atoms with Crippen molar-refractivity contribution in [3.63, 3.8) is 0 Å². The number of hydrogen-bond donors (Lipinski definition) is 0. The molecule has 0 aliphatic heterocycles. The lowest BCUT2D eigenvalue weighted by Gasteiger charge is -2.02. The summed E-state index contributed by atoms with van der Waals surface area (Å²) in [5, 5.41) is 0. The van der Waals surface area contributed by atoms with Crippen LogP contribution in [0.25, 0.3) is 0 Å². The van der Waals surface area contributed by atoms with Crippen molar-refractivity contribution < 1.29 is 4.39 Å². The van der Waals surface area contributed by atoms with Crippen molar-refractivity contribution in [3.8, 4) is 0 Å². The van der Waals surface area contributed by atoms with E-state index in [1.54, 1.807) is 13.0 Å². The Kier molecular flexibility index (Phi) is 10.5. The summed E-state index contributed by atoms with van der Waals surface area (Å²) in [5.74, 6) is 0. The number of unbranched alkanes of at least 4 members (excludes halogenated alkanes) is 7. The standard InChI is InChI=1S/C13H24F/c1-3-4-5-6-7-8-9-10-11-12-13(2)14/h1,3,13H,4-12H2,2H3. The van der Waals surface area contributed by atoms with E-state index in [0.29, 0.717) is 0 Å². The van der Waals surface area contributed by atoms with Crippen molar-refractivity contribution in [2.24, 2.45) is 0 Å². The van der Waals surface area contributed by atoms with Crippen molar-refractivity contribution in [2.45, 2.75) is 70.9 Å². The van der Waals surface area contributed by atoms with Crippen LogP contribution in [0, 0.1) is 6.58 Å². The van der Waals surface area contributed by atoms with Crippen LogP contribution >= 0.6 is 0 Å². The molecule has 1 radical (unpaired) electrons. The van der Waals surface area contributed by atoms with E-state index in [2.05, 4.69) is 0 Å². The Labute approximate surface area is 88.6 Å². The van der Waals surface area contributed by atoms with Crippen LogP contribution in [0.2, 0.25) is 0 Å². The van der Waals surface area contributed by atoms with Crippen LogP contribution in [0.5, 0.6) is 0 Å². The lowest BCUT2D eigenvalue weighted by molar-refractivity contribution is 0.329. The summed E-state index contributed by atoms with van der Waals surface area (Å²) >= 11 is 0. The molecule has 0 aromatic heterocycles. The first-order chi connectivity index (χ1) is 6.77. The highest BCUT2D eigenvalue weighted by molar-refractivity contribution is 4.61. The Hall–Kier alpha value is -0.330. The van der Waals surface area contributed by atoms with Crippen molar-refractivity contribution in [1.29, 1.82) is 0 Å². The minimum absolute atomic E-state index is 0.616. The Morgan fingerprint density at radius 3 is 2.00 bits per heavy atom. The summed E-state index contributed by atoms with van der Waals surface area (Å²) in [5.41, 5.74) is 0. The van der Waals surface area contributed by atoms with E-state index in [4.69, 9.17) is 6.58 Å². The molecule has 1 unspecified atom stereocenters. The summed E-state index contributed by atoms with van der Waals surface area (Å²) in [6.07, 6.45) is 11.5. The fourth-order valence-electron chi connectivity index (χ4n) is 1.57. The van der Waals surface area contributed by atoms with Gasteiger partial charge >= 0.3 is 0 Å². The lowest BCUT2D eigenvalue weighted by atomic mass is 10.1. The third-order valence-corrected chi connectivity index (χ3v) is 2.47. The average molecular weight is 199 g/mol. The molecule has 0 aliphatic rings. The molecule has 0 amide bonds. The Morgan fingerprint density at radius 2 is 1.50 bits per heavy atom. The Balaban J connectivity index is 2.88. The normalized spacial score (nSPS) is 12.7. The van der Waals surface area contributed by atoms with Gasteiger partial charge in [0.15, 0.2) is 0 Å². The smallest absolute Gasteiger partial charge is 0.0973 e. The molecular formula is C13H24F.